The third kappa shape index (κ3) is 4.10. The van der Waals surface area contributed by atoms with Crippen molar-refractivity contribution >= 4 is 29.3 Å². The number of nitrogens with one attached hydrogen (secondary N) is 2. The number of amides is 3. The first-order valence-corrected chi connectivity index (χ1v) is 9.53. The summed E-state index contributed by atoms with van der Waals surface area (Å²) in [7, 11) is 0. The first kappa shape index (κ1) is 20.8. The molecule has 0 spiro atoms. The average Bonchev–Trinajstić information content (AvgIpc) is 3.15. The number of aliphatic hydroxyl groups is 1. The average molecular weight is 436 g/mol. The molecule has 0 radical (unpaired) electrons. The minimum Gasteiger partial charge on any atom is -0.394 e. The van der Waals surface area contributed by atoms with Crippen molar-refractivity contribution in [1.29, 1.82) is 0 Å². The molecule has 2 aromatic rings. The summed E-state index contributed by atoms with van der Waals surface area (Å²) in [5, 5.41) is 13.4. The van der Waals surface area contributed by atoms with Crippen molar-refractivity contribution in [2.24, 2.45) is 0 Å². The Morgan fingerprint density at radius 1 is 1.26 bits per heavy atom. The van der Waals surface area contributed by atoms with Crippen LogP contribution >= 0.6 is 0 Å². The predicted molar refractivity (Wildman–Crippen MR) is 105 cm³/mol. The van der Waals surface area contributed by atoms with E-state index in [9.17, 15) is 22.8 Å². The number of urea groups is 1. The number of aromatic nitrogens is 2. The zero-order valence-electron chi connectivity index (χ0n) is 16.1. The lowest BCUT2D eigenvalue weighted by atomic mass is 10.1. The van der Waals surface area contributed by atoms with Gasteiger partial charge in [-0.1, -0.05) is 6.07 Å². The van der Waals surface area contributed by atoms with E-state index in [0.717, 1.165) is 0 Å². The van der Waals surface area contributed by atoms with Crippen molar-refractivity contribution in [3.63, 3.8) is 0 Å². The Morgan fingerprint density at radius 3 is 2.74 bits per heavy atom. The lowest BCUT2D eigenvalue weighted by molar-refractivity contribution is -0.161. The molecule has 12 heteroatoms. The zero-order valence-corrected chi connectivity index (χ0v) is 16.1. The summed E-state index contributed by atoms with van der Waals surface area (Å²) in [6.45, 7) is -0.0376. The van der Waals surface area contributed by atoms with E-state index < -0.39 is 30.8 Å². The fraction of sp³-hybridized carbons (Fsp3) is 0.368. The number of aliphatic hydroxyl groups excluding tert-OH is 1. The number of carbonyl (C=O) groups is 2. The highest BCUT2D eigenvalue weighted by Gasteiger charge is 2.42. The number of hydrogen-bond acceptors (Lipinski definition) is 6. The number of nitrogens with zero attached hydrogens (tertiary/aromatic N) is 4. The topological polar surface area (TPSA) is 111 Å². The molecular formula is C19H19F3N6O3. The maximum absolute atomic E-state index is 13.0. The molecule has 1 saturated heterocycles. The van der Waals surface area contributed by atoms with Crippen molar-refractivity contribution < 1.29 is 27.9 Å². The summed E-state index contributed by atoms with van der Waals surface area (Å²) in [5.41, 5.74) is 0.315. The van der Waals surface area contributed by atoms with Gasteiger partial charge in [0.25, 0.3) is 5.91 Å². The summed E-state index contributed by atoms with van der Waals surface area (Å²) < 4.78 is 38.7. The maximum Gasteiger partial charge on any atom is 0.410 e. The molecule has 0 aliphatic carbocycles. The summed E-state index contributed by atoms with van der Waals surface area (Å²) >= 11 is 0. The Kier molecular flexibility index (Phi) is 5.39. The summed E-state index contributed by atoms with van der Waals surface area (Å²) in [6, 6.07) is 4.77. The molecular weight excluding hydrogens is 417 g/mol. The van der Waals surface area contributed by atoms with E-state index >= 15 is 0 Å². The monoisotopic (exact) mass is 436 g/mol. The van der Waals surface area contributed by atoms with Crippen LogP contribution in [0.5, 0.6) is 0 Å². The van der Waals surface area contributed by atoms with Crippen LogP contribution in [0.25, 0.3) is 0 Å². The van der Waals surface area contributed by atoms with Gasteiger partial charge in [0.15, 0.2) is 5.82 Å². The number of hydrogen-bond donors (Lipinski definition) is 3. The van der Waals surface area contributed by atoms with E-state index in [1.165, 1.54) is 17.2 Å². The van der Waals surface area contributed by atoms with Gasteiger partial charge >= 0.3 is 12.2 Å². The van der Waals surface area contributed by atoms with Gasteiger partial charge in [-0.2, -0.15) is 13.2 Å². The van der Waals surface area contributed by atoms with Gasteiger partial charge in [-0.05, 0) is 30.7 Å². The molecule has 2 aliphatic rings. The molecule has 4 rings (SSSR count). The van der Waals surface area contributed by atoms with Gasteiger partial charge in [-0.25, -0.2) is 14.8 Å². The van der Waals surface area contributed by atoms with Crippen LogP contribution < -0.4 is 20.4 Å². The molecule has 0 saturated carbocycles. The summed E-state index contributed by atoms with van der Waals surface area (Å²) in [5.74, 6) is -0.584. The molecule has 3 N–H and O–H groups in total. The number of pyridine rings is 2. The van der Waals surface area contributed by atoms with E-state index in [2.05, 4.69) is 15.3 Å². The van der Waals surface area contributed by atoms with Gasteiger partial charge in [0.1, 0.15) is 17.6 Å². The van der Waals surface area contributed by atoms with Crippen LogP contribution in [0.3, 0.4) is 0 Å². The van der Waals surface area contributed by atoms with Crippen molar-refractivity contribution in [3.8, 4) is 0 Å². The number of fused-ring (bicyclic) bond motifs is 4. The smallest absolute Gasteiger partial charge is 0.394 e. The quantitative estimate of drug-likeness (QED) is 0.674. The van der Waals surface area contributed by atoms with Crippen LogP contribution in [0, 0.1) is 0 Å². The third-order valence-electron chi connectivity index (χ3n) is 5.19. The molecule has 0 aromatic carbocycles. The fourth-order valence-corrected chi connectivity index (χ4v) is 3.67. The van der Waals surface area contributed by atoms with Crippen LogP contribution in [-0.4, -0.2) is 65.0 Å². The van der Waals surface area contributed by atoms with Crippen molar-refractivity contribution in [2.75, 3.05) is 34.8 Å². The molecule has 1 fully saturated rings. The normalized spacial score (nSPS) is 18.4. The Balaban J connectivity index is 1.63. The lowest BCUT2D eigenvalue weighted by Gasteiger charge is -2.35. The molecule has 2 aliphatic heterocycles. The number of rotatable bonds is 4. The highest BCUT2D eigenvalue weighted by Crippen LogP contribution is 2.39. The second-order valence-corrected chi connectivity index (χ2v) is 7.19. The fourth-order valence-electron chi connectivity index (χ4n) is 3.67. The Hall–Kier alpha value is -3.41. The molecule has 9 nitrogen and oxygen atoms in total. The van der Waals surface area contributed by atoms with Gasteiger partial charge < -0.3 is 15.3 Å². The lowest BCUT2D eigenvalue weighted by Crippen LogP contribution is -2.49. The first-order valence-electron chi connectivity index (χ1n) is 9.53. The van der Waals surface area contributed by atoms with Gasteiger partial charge in [0, 0.05) is 19.3 Å². The second kappa shape index (κ2) is 8.02. The van der Waals surface area contributed by atoms with Crippen molar-refractivity contribution in [1.82, 2.24) is 15.3 Å². The van der Waals surface area contributed by atoms with Crippen LogP contribution in [0.2, 0.25) is 0 Å². The SMILES string of the molecule is O=C(N[C@@H](CO)C(F)(F)F)c1ccc2c(n1)N(C(=O)Nc1ccccn1)C1CCN2C1. The van der Waals surface area contributed by atoms with E-state index in [1.54, 1.807) is 29.6 Å². The Bertz CT molecular complexity index is 988. The van der Waals surface area contributed by atoms with Crippen molar-refractivity contribution in [3.05, 3.63) is 42.2 Å². The molecule has 31 heavy (non-hydrogen) atoms. The second-order valence-electron chi connectivity index (χ2n) is 7.19. The number of halogens is 3. The summed E-state index contributed by atoms with van der Waals surface area (Å²) in [4.78, 5) is 37.0. The van der Waals surface area contributed by atoms with E-state index in [1.807, 2.05) is 4.90 Å². The van der Waals surface area contributed by atoms with Gasteiger partial charge in [0.05, 0.1) is 18.3 Å². The minimum atomic E-state index is -4.81. The molecule has 3 amide bonds. The largest absolute Gasteiger partial charge is 0.410 e. The predicted octanol–water partition coefficient (Wildman–Crippen LogP) is 1.76. The van der Waals surface area contributed by atoms with E-state index in [4.69, 9.17) is 5.11 Å². The summed E-state index contributed by atoms with van der Waals surface area (Å²) in [6.07, 6.45) is -2.61. The number of alkyl halides is 3. The third-order valence-corrected chi connectivity index (χ3v) is 5.19. The van der Waals surface area contributed by atoms with Gasteiger partial charge in [-0.3, -0.25) is 15.0 Å². The highest BCUT2D eigenvalue weighted by molar-refractivity contribution is 6.05. The molecule has 2 bridgehead atoms. The molecule has 164 valence electrons. The maximum atomic E-state index is 13.0. The van der Waals surface area contributed by atoms with E-state index in [-0.39, 0.29) is 17.6 Å². The standard InChI is InChI=1S/C19H19F3N6O3/c20-19(21,22)14(10-29)25-17(30)12-4-5-13-16(24-12)28(11-6-8-27(13)9-11)18(31)26-15-3-1-2-7-23-15/h1-5,7,11,14,29H,6,8-10H2,(H,25,30)(H,23,26,31)/t11?,14-/m0/s1. The van der Waals surface area contributed by atoms with Crippen LogP contribution in [0.1, 0.15) is 16.9 Å². The van der Waals surface area contributed by atoms with Gasteiger partial charge in [0.2, 0.25) is 0 Å². The number of carbonyl (C=O) groups excluding carboxylic acids is 2. The van der Waals surface area contributed by atoms with Crippen LogP contribution in [0.15, 0.2) is 36.5 Å². The van der Waals surface area contributed by atoms with Crippen molar-refractivity contribution in [2.45, 2.75) is 24.7 Å². The molecule has 1 unspecified atom stereocenters. The van der Waals surface area contributed by atoms with E-state index in [0.29, 0.717) is 31.0 Å². The Labute approximate surface area is 174 Å². The van der Waals surface area contributed by atoms with Crippen LogP contribution in [-0.2, 0) is 0 Å². The molecule has 4 heterocycles. The van der Waals surface area contributed by atoms with Crippen LogP contribution in [0.4, 0.5) is 35.3 Å². The zero-order chi connectivity index (χ0) is 22.2. The number of anilines is 3. The molecule has 2 aromatic heterocycles. The minimum absolute atomic E-state index is 0.183. The first-order chi connectivity index (χ1) is 14.8. The Morgan fingerprint density at radius 2 is 2.06 bits per heavy atom. The molecule has 2 atom stereocenters. The van der Waals surface area contributed by atoms with Gasteiger partial charge in [-0.15, -0.1) is 0 Å². The highest BCUT2D eigenvalue weighted by atomic mass is 19.4.